The summed E-state index contributed by atoms with van der Waals surface area (Å²) in [5.41, 5.74) is 7.06. The molecule has 0 radical (unpaired) electrons. The number of methoxy groups -OCH3 is 1. The van der Waals surface area contributed by atoms with Crippen molar-refractivity contribution in [3.63, 3.8) is 0 Å². The summed E-state index contributed by atoms with van der Waals surface area (Å²) >= 11 is 0. The van der Waals surface area contributed by atoms with Gasteiger partial charge in [-0.1, -0.05) is 58.7 Å². The first-order valence-electron chi connectivity index (χ1n) is 25.3. The molecular formula is C55H70N2O10S2. The van der Waals surface area contributed by atoms with E-state index in [1.807, 2.05) is 24.3 Å². The molecule has 4 aromatic rings. The number of phenols is 2. The van der Waals surface area contributed by atoms with Crippen LogP contribution in [0.2, 0.25) is 0 Å². The lowest BCUT2D eigenvalue weighted by molar-refractivity contribution is -0.128. The molecule has 1 saturated heterocycles. The summed E-state index contributed by atoms with van der Waals surface area (Å²) in [5, 5.41) is 76.7. The smallest absolute Gasteiger partial charge is 0.168 e. The molecule has 5 aliphatic rings. The molecule has 0 spiro atoms. The number of carbonyl (C=O) groups excluding carboxylic acids is 2. The summed E-state index contributed by atoms with van der Waals surface area (Å²) in [6.07, 6.45) is 8.16. The van der Waals surface area contributed by atoms with E-state index in [4.69, 9.17) is 9.47 Å². The zero-order valence-corrected chi connectivity index (χ0v) is 41.6. The Bertz CT molecular complexity index is 2510. The number of hydrogen-bond donors (Lipinski definition) is 8. The number of aliphatic hydroxyl groups excluding tert-OH is 3. The summed E-state index contributed by atoms with van der Waals surface area (Å²) in [6.45, 7) is 1.40. The Labute approximate surface area is 413 Å². The van der Waals surface area contributed by atoms with E-state index in [2.05, 4.69) is 16.7 Å². The molecule has 8 unspecified atom stereocenters. The van der Waals surface area contributed by atoms with Crippen LogP contribution in [0, 0.1) is 11.8 Å². The van der Waals surface area contributed by atoms with E-state index in [0.29, 0.717) is 67.6 Å². The summed E-state index contributed by atoms with van der Waals surface area (Å²) in [5.74, 6) is 0.583. The number of carbonyl (C=O) groups is 2. The summed E-state index contributed by atoms with van der Waals surface area (Å²) in [4.78, 5) is 27.1. The highest BCUT2D eigenvalue weighted by Crippen LogP contribution is 2.54. The van der Waals surface area contributed by atoms with Gasteiger partial charge in [0, 0.05) is 53.3 Å². The monoisotopic (exact) mass is 982 g/mol. The molecular weight excluding hydrogens is 913 g/mol. The van der Waals surface area contributed by atoms with Crippen LogP contribution in [-0.2, 0) is 33.8 Å². The number of aromatic hydroxyl groups is 2. The Kier molecular flexibility index (Phi) is 15.9. The van der Waals surface area contributed by atoms with Gasteiger partial charge in [0.1, 0.15) is 23.5 Å². The fraction of sp³-hybridized carbons (Fsp3) is 0.564. The highest BCUT2D eigenvalue weighted by molar-refractivity contribution is 8.76. The molecule has 2 bridgehead atoms. The second-order valence-corrected chi connectivity index (χ2v) is 23.2. The van der Waals surface area contributed by atoms with E-state index < -0.39 is 24.0 Å². The fourth-order valence-electron chi connectivity index (χ4n) is 12.5. The molecule has 4 aromatic carbocycles. The summed E-state index contributed by atoms with van der Waals surface area (Å²) < 4.78 is 13.5. The first-order chi connectivity index (χ1) is 33.4. The number of Topliss-reactive ketones (excluding diaryl/α,β-unsaturated/α-hetero) is 2. The van der Waals surface area contributed by atoms with E-state index in [9.17, 15) is 40.2 Å². The number of fused-ring (bicyclic) bond motifs is 9. The number of aryl methyl sites for hydroxylation is 1. The van der Waals surface area contributed by atoms with Crippen LogP contribution >= 0.6 is 21.6 Å². The predicted molar refractivity (Wildman–Crippen MR) is 273 cm³/mol. The highest BCUT2D eigenvalue weighted by atomic mass is 33.1. The second-order valence-electron chi connectivity index (χ2n) is 20.6. The zero-order chi connectivity index (χ0) is 48.4. The molecule has 0 aromatic heterocycles. The largest absolute Gasteiger partial charge is 0.508 e. The lowest BCUT2D eigenvalue weighted by Gasteiger charge is -2.43. The van der Waals surface area contributed by atoms with Crippen LogP contribution < -0.4 is 15.4 Å². The van der Waals surface area contributed by atoms with Crippen molar-refractivity contribution < 1.29 is 49.7 Å². The molecule has 8 atom stereocenters. The molecule has 2 aliphatic heterocycles. The third kappa shape index (κ3) is 10.8. The third-order valence-electron chi connectivity index (χ3n) is 16.0. The SMILES string of the molecule is COc1c(O)ccc2c1-c1ccc3ccc(O)cc3c1C1CCC(CC(O)CSS1)C(OC1NC(CCC3(O)CCCC3)CCC3c4c1cc(CO)c(NCC(C)=O)c4CCC3CO)CC(=O)CC2. The van der Waals surface area contributed by atoms with Crippen LogP contribution in [-0.4, -0.2) is 92.1 Å². The molecule has 69 heavy (non-hydrogen) atoms. The van der Waals surface area contributed by atoms with Gasteiger partial charge in [-0.25, -0.2) is 0 Å². The van der Waals surface area contributed by atoms with Gasteiger partial charge in [-0.05, 0) is 170 Å². The Balaban J connectivity index is 1.17. The zero-order valence-electron chi connectivity index (χ0n) is 40.0. The van der Waals surface area contributed by atoms with Gasteiger partial charge >= 0.3 is 0 Å². The number of ether oxygens (including phenoxy) is 2. The number of rotatable bonds is 11. The van der Waals surface area contributed by atoms with Crippen molar-refractivity contribution in [1.82, 2.24) is 5.32 Å². The molecule has 9 rings (SSSR count). The minimum Gasteiger partial charge on any atom is -0.508 e. The number of ketones is 2. The summed E-state index contributed by atoms with van der Waals surface area (Å²) in [6, 6.07) is 14.9. The van der Waals surface area contributed by atoms with E-state index in [0.717, 1.165) is 94.8 Å². The highest BCUT2D eigenvalue weighted by Gasteiger charge is 2.42. The van der Waals surface area contributed by atoms with Gasteiger partial charge in [-0.15, -0.1) is 0 Å². The van der Waals surface area contributed by atoms with Crippen LogP contribution in [0.15, 0.2) is 48.5 Å². The van der Waals surface area contributed by atoms with E-state index in [-0.39, 0.29) is 84.7 Å². The van der Waals surface area contributed by atoms with Crippen molar-refractivity contribution in [3.05, 3.63) is 81.9 Å². The molecule has 3 aliphatic carbocycles. The minimum absolute atomic E-state index is 0.00138. The van der Waals surface area contributed by atoms with Crippen molar-refractivity contribution in [2.24, 2.45) is 11.8 Å². The van der Waals surface area contributed by atoms with Crippen molar-refractivity contribution in [2.75, 3.05) is 31.3 Å². The molecule has 1 saturated carbocycles. The molecule has 2 fully saturated rings. The Morgan fingerprint density at radius 2 is 1.77 bits per heavy atom. The van der Waals surface area contributed by atoms with Crippen molar-refractivity contribution >= 4 is 49.6 Å². The number of nitrogens with one attached hydrogen (secondary N) is 2. The fourth-order valence-corrected chi connectivity index (χ4v) is 15.4. The lowest BCUT2D eigenvalue weighted by atomic mass is 9.69. The standard InChI is InChI=1S/C55H70N2O10S2/c1-31(60)27-56-52-36(29-59)24-45-50-41(35(28-58)8-15-43(50)52)16-11-37(19-22-55(65)20-3-4-21-55)57-54(45)67-47-26-39(62)13-6-33-9-17-46(64)53(66-2)49(33)42-14-7-32-5-12-38(61)25-44(32)51(42)48-18-10-34(47)23-40(63)30-68-69-48/h5,7,9,12,14,17,24-25,34-35,37,40-41,47-48,54,56-59,61,63-65H,3-4,6,8,10-11,13,15-16,18-23,26-30H2,1-2H3. The van der Waals surface area contributed by atoms with Gasteiger partial charge in [0.15, 0.2) is 11.5 Å². The van der Waals surface area contributed by atoms with Gasteiger partial charge in [0.2, 0.25) is 0 Å². The average molecular weight is 983 g/mol. The van der Waals surface area contributed by atoms with E-state index in [1.165, 1.54) is 6.92 Å². The Hall–Kier alpha value is -3.86. The molecule has 0 amide bonds. The van der Waals surface area contributed by atoms with Crippen molar-refractivity contribution in [2.45, 2.75) is 158 Å². The maximum Gasteiger partial charge on any atom is 0.168 e. The normalized spacial score (nSPS) is 27.2. The Morgan fingerprint density at radius 1 is 0.957 bits per heavy atom. The molecule has 8 N–H and O–H groups in total. The van der Waals surface area contributed by atoms with Gasteiger partial charge in [-0.2, -0.15) is 0 Å². The maximum absolute atomic E-state index is 14.7. The van der Waals surface area contributed by atoms with Crippen LogP contribution in [0.5, 0.6) is 17.2 Å². The number of anilines is 1. The number of hydrogen-bond acceptors (Lipinski definition) is 14. The number of phenolic OH excluding ortho intramolecular Hbond substituents is 2. The van der Waals surface area contributed by atoms with Crippen LogP contribution in [0.1, 0.15) is 148 Å². The third-order valence-corrected chi connectivity index (χ3v) is 18.9. The number of benzene rings is 4. The first-order valence-corrected chi connectivity index (χ1v) is 27.6. The quantitative estimate of drug-likeness (QED) is 0.0662. The molecule has 2 heterocycles. The van der Waals surface area contributed by atoms with E-state index >= 15 is 0 Å². The second kappa shape index (κ2) is 21.9. The van der Waals surface area contributed by atoms with Crippen LogP contribution in [0.4, 0.5) is 5.69 Å². The van der Waals surface area contributed by atoms with E-state index in [1.54, 1.807) is 46.9 Å². The lowest BCUT2D eigenvalue weighted by Crippen LogP contribution is -2.43. The summed E-state index contributed by atoms with van der Waals surface area (Å²) in [7, 11) is 4.85. The molecule has 14 heteroatoms. The molecule has 12 nitrogen and oxygen atoms in total. The predicted octanol–water partition coefficient (Wildman–Crippen LogP) is 9.47. The average Bonchev–Trinajstić information content (AvgIpc) is 3.81. The topological polar surface area (TPSA) is 198 Å². The number of aliphatic hydroxyl groups is 4. The van der Waals surface area contributed by atoms with Gasteiger partial charge in [-0.3, -0.25) is 14.9 Å². The van der Waals surface area contributed by atoms with Gasteiger partial charge in [0.25, 0.3) is 0 Å². The van der Waals surface area contributed by atoms with Crippen LogP contribution in [0.25, 0.3) is 21.9 Å². The maximum atomic E-state index is 14.7. The minimum atomic E-state index is -0.743. The molecule has 372 valence electrons. The first kappa shape index (κ1) is 50.1. The van der Waals surface area contributed by atoms with Crippen LogP contribution in [0.3, 0.4) is 0 Å². The van der Waals surface area contributed by atoms with Gasteiger partial charge < -0.3 is 45.4 Å². The van der Waals surface area contributed by atoms with Crippen molar-refractivity contribution in [3.8, 4) is 28.4 Å². The Morgan fingerprint density at radius 3 is 2.54 bits per heavy atom. The van der Waals surface area contributed by atoms with Crippen molar-refractivity contribution in [1.29, 1.82) is 0 Å². The van der Waals surface area contributed by atoms with Gasteiger partial charge in [0.05, 0.1) is 38.1 Å².